The molecule has 22 heavy (non-hydrogen) atoms. The lowest BCUT2D eigenvalue weighted by Gasteiger charge is -2.37. The van der Waals surface area contributed by atoms with Gasteiger partial charge in [-0.2, -0.15) is 4.31 Å². The second-order valence-corrected chi connectivity index (χ2v) is 8.27. The highest BCUT2D eigenvalue weighted by molar-refractivity contribution is 7.88. The summed E-state index contributed by atoms with van der Waals surface area (Å²) >= 11 is 11.8. The number of halogens is 3. The van der Waals surface area contributed by atoms with Crippen LogP contribution in [-0.4, -0.2) is 31.4 Å². The van der Waals surface area contributed by atoms with Gasteiger partial charge in [0.1, 0.15) is 0 Å². The minimum atomic E-state index is -3.41. The van der Waals surface area contributed by atoms with Gasteiger partial charge < -0.3 is 5.73 Å². The molecule has 0 amide bonds. The maximum absolute atomic E-state index is 12.7. The summed E-state index contributed by atoms with van der Waals surface area (Å²) in [7, 11) is -3.41. The van der Waals surface area contributed by atoms with Gasteiger partial charge in [0.15, 0.2) is 0 Å². The minimum absolute atomic E-state index is 0. The van der Waals surface area contributed by atoms with Gasteiger partial charge in [-0.25, -0.2) is 8.42 Å². The van der Waals surface area contributed by atoms with Gasteiger partial charge >= 0.3 is 0 Å². The predicted octanol–water partition coefficient (Wildman–Crippen LogP) is 3.45. The molecule has 0 bridgehead atoms. The first-order valence-electron chi connectivity index (χ1n) is 7.00. The fourth-order valence-corrected chi connectivity index (χ4v) is 4.93. The van der Waals surface area contributed by atoms with Crippen LogP contribution in [0.1, 0.15) is 31.7 Å². The Labute approximate surface area is 148 Å². The van der Waals surface area contributed by atoms with Crippen LogP contribution >= 0.6 is 35.6 Å². The van der Waals surface area contributed by atoms with Gasteiger partial charge in [0.05, 0.1) is 15.8 Å². The average molecular weight is 388 g/mol. The number of nitrogens with two attached hydrogens (primary N) is 1. The molecule has 1 heterocycles. The molecule has 1 aromatic rings. The van der Waals surface area contributed by atoms with Crippen LogP contribution in [-0.2, 0) is 15.8 Å². The molecule has 2 rings (SSSR count). The SMILES string of the molecule is CC(N)C1CCCCN1S(=O)(=O)Cc1ccc(Cl)c(Cl)c1.Cl. The second-order valence-electron chi connectivity index (χ2n) is 5.54. The van der Waals surface area contributed by atoms with E-state index in [1.807, 2.05) is 6.92 Å². The summed E-state index contributed by atoms with van der Waals surface area (Å²) in [6.45, 7) is 2.40. The highest BCUT2D eigenvalue weighted by Gasteiger charge is 2.34. The number of sulfonamides is 1. The molecular weight excluding hydrogens is 367 g/mol. The topological polar surface area (TPSA) is 63.4 Å². The van der Waals surface area contributed by atoms with Crippen molar-refractivity contribution < 1.29 is 8.42 Å². The zero-order chi connectivity index (χ0) is 15.6. The van der Waals surface area contributed by atoms with Gasteiger partial charge in [0.25, 0.3) is 0 Å². The smallest absolute Gasteiger partial charge is 0.218 e. The summed E-state index contributed by atoms with van der Waals surface area (Å²) in [5.74, 6) is -0.0763. The Morgan fingerprint density at radius 2 is 2.00 bits per heavy atom. The van der Waals surface area contributed by atoms with Crippen molar-refractivity contribution in [3.8, 4) is 0 Å². The van der Waals surface area contributed by atoms with Gasteiger partial charge in [0.2, 0.25) is 10.0 Å². The highest BCUT2D eigenvalue weighted by Crippen LogP contribution is 2.27. The monoisotopic (exact) mass is 386 g/mol. The summed E-state index contributed by atoms with van der Waals surface area (Å²) in [6.07, 6.45) is 2.72. The first kappa shape index (κ1) is 20.0. The molecule has 0 aromatic heterocycles. The average Bonchev–Trinajstić information content (AvgIpc) is 2.42. The summed E-state index contributed by atoms with van der Waals surface area (Å²) < 4.78 is 26.9. The maximum Gasteiger partial charge on any atom is 0.218 e. The van der Waals surface area contributed by atoms with Crippen molar-refractivity contribution in [2.75, 3.05) is 6.54 Å². The predicted molar refractivity (Wildman–Crippen MR) is 94.3 cm³/mol. The van der Waals surface area contributed by atoms with E-state index in [4.69, 9.17) is 28.9 Å². The lowest BCUT2D eigenvalue weighted by Crippen LogP contribution is -2.51. The van der Waals surface area contributed by atoms with Crippen molar-refractivity contribution in [2.24, 2.45) is 5.73 Å². The Bertz CT molecular complexity index is 608. The molecule has 2 atom stereocenters. The number of nitrogens with zero attached hydrogens (tertiary/aromatic N) is 1. The van der Waals surface area contributed by atoms with Crippen LogP contribution < -0.4 is 5.73 Å². The van der Waals surface area contributed by atoms with E-state index in [9.17, 15) is 8.42 Å². The van der Waals surface area contributed by atoms with E-state index in [1.165, 1.54) is 0 Å². The van der Waals surface area contributed by atoms with Crippen LogP contribution in [0.4, 0.5) is 0 Å². The molecule has 1 saturated heterocycles. The number of piperidine rings is 1. The van der Waals surface area contributed by atoms with Gasteiger partial charge in [-0.3, -0.25) is 0 Å². The highest BCUT2D eigenvalue weighted by atomic mass is 35.5. The summed E-state index contributed by atoms with van der Waals surface area (Å²) in [4.78, 5) is 0. The van der Waals surface area contributed by atoms with Crippen molar-refractivity contribution in [2.45, 2.75) is 44.0 Å². The summed E-state index contributed by atoms with van der Waals surface area (Å²) in [5.41, 5.74) is 6.58. The van der Waals surface area contributed by atoms with Crippen molar-refractivity contribution in [3.05, 3.63) is 33.8 Å². The van der Waals surface area contributed by atoms with Crippen LogP contribution in [0, 0.1) is 0 Å². The molecule has 1 aliphatic heterocycles. The molecule has 0 aliphatic carbocycles. The van der Waals surface area contributed by atoms with Crippen LogP contribution in [0.25, 0.3) is 0 Å². The minimum Gasteiger partial charge on any atom is -0.326 e. The molecule has 8 heteroatoms. The van der Waals surface area contributed by atoms with Gasteiger partial charge in [0, 0.05) is 18.6 Å². The fraction of sp³-hybridized carbons (Fsp3) is 0.571. The molecule has 2 N–H and O–H groups in total. The second kappa shape index (κ2) is 8.18. The third-order valence-electron chi connectivity index (χ3n) is 3.80. The van der Waals surface area contributed by atoms with Crippen LogP contribution in [0.3, 0.4) is 0 Å². The molecule has 0 radical (unpaired) electrons. The Balaban J connectivity index is 0.00000242. The molecule has 1 aromatic carbocycles. The zero-order valence-electron chi connectivity index (χ0n) is 12.3. The van der Waals surface area contributed by atoms with Gasteiger partial charge in [-0.15, -0.1) is 12.4 Å². The standard InChI is InChI=1S/C14H20Cl2N2O2S.ClH/c1-10(17)14-4-2-3-7-18(14)21(19,20)9-11-5-6-12(15)13(16)8-11;/h5-6,8,10,14H,2-4,7,9,17H2,1H3;1H. The van der Waals surface area contributed by atoms with E-state index in [2.05, 4.69) is 0 Å². The van der Waals surface area contributed by atoms with Gasteiger partial charge in [-0.1, -0.05) is 35.7 Å². The molecule has 0 spiro atoms. The van der Waals surface area contributed by atoms with Gasteiger partial charge in [-0.05, 0) is 37.5 Å². The molecule has 1 fully saturated rings. The molecule has 126 valence electrons. The van der Waals surface area contributed by atoms with E-state index in [0.29, 0.717) is 22.2 Å². The van der Waals surface area contributed by atoms with Crippen molar-refractivity contribution in [1.29, 1.82) is 0 Å². The molecule has 2 unspecified atom stereocenters. The number of benzene rings is 1. The van der Waals surface area contributed by atoms with Crippen LogP contribution in [0.15, 0.2) is 18.2 Å². The summed E-state index contributed by atoms with van der Waals surface area (Å²) in [6, 6.07) is 4.62. The quantitative estimate of drug-likeness (QED) is 0.860. The molecule has 0 saturated carbocycles. The zero-order valence-corrected chi connectivity index (χ0v) is 15.5. The Kier molecular flexibility index (Phi) is 7.43. The Hall–Kier alpha value is -0.0400. The Morgan fingerprint density at radius 1 is 1.32 bits per heavy atom. The van der Waals surface area contributed by atoms with E-state index in [1.54, 1.807) is 22.5 Å². The normalized spacial score (nSPS) is 21.2. The van der Waals surface area contributed by atoms with E-state index >= 15 is 0 Å². The van der Waals surface area contributed by atoms with Crippen LogP contribution in [0.2, 0.25) is 10.0 Å². The van der Waals surface area contributed by atoms with E-state index in [0.717, 1.165) is 19.3 Å². The molecule has 1 aliphatic rings. The maximum atomic E-state index is 12.7. The number of hydrogen-bond donors (Lipinski definition) is 1. The summed E-state index contributed by atoms with van der Waals surface area (Å²) in [5, 5.41) is 0.788. The van der Waals surface area contributed by atoms with Crippen molar-refractivity contribution in [1.82, 2.24) is 4.31 Å². The number of hydrogen-bond acceptors (Lipinski definition) is 3. The molecular formula is C14H21Cl3N2O2S. The van der Waals surface area contributed by atoms with E-state index < -0.39 is 10.0 Å². The lowest BCUT2D eigenvalue weighted by atomic mass is 10.00. The largest absolute Gasteiger partial charge is 0.326 e. The first-order valence-corrected chi connectivity index (χ1v) is 9.37. The van der Waals surface area contributed by atoms with Crippen LogP contribution in [0.5, 0.6) is 0 Å². The van der Waals surface area contributed by atoms with Crippen molar-refractivity contribution >= 4 is 45.6 Å². The van der Waals surface area contributed by atoms with E-state index in [-0.39, 0.29) is 30.2 Å². The first-order chi connectivity index (χ1) is 9.81. The lowest BCUT2D eigenvalue weighted by molar-refractivity contribution is 0.227. The molecule has 4 nitrogen and oxygen atoms in total. The number of rotatable bonds is 4. The third kappa shape index (κ3) is 4.73. The third-order valence-corrected chi connectivity index (χ3v) is 6.40. The fourth-order valence-electron chi connectivity index (χ4n) is 2.72. The Morgan fingerprint density at radius 3 is 2.59 bits per heavy atom. The van der Waals surface area contributed by atoms with Crippen molar-refractivity contribution in [3.63, 3.8) is 0 Å².